The number of halogens is 1. The van der Waals surface area contributed by atoms with Gasteiger partial charge in [0, 0.05) is 17.1 Å². The maximum absolute atomic E-state index is 13.3. The molecule has 36 heavy (non-hydrogen) atoms. The lowest BCUT2D eigenvalue weighted by atomic mass is 10.2. The highest BCUT2D eigenvalue weighted by Crippen LogP contribution is 2.37. The molecule has 0 saturated heterocycles. The molecule has 9 nitrogen and oxygen atoms in total. The Morgan fingerprint density at radius 3 is 2.14 bits per heavy atom. The third-order valence-electron chi connectivity index (χ3n) is 5.06. The van der Waals surface area contributed by atoms with E-state index in [0.29, 0.717) is 33.4 Å². The highest BCUT2D eigenvalue weighted by Gasteiger charge is 2.26. The molecule has 3 aromatic carbocycles. The average Bonchev–Trinajstić information content (AvgIpc) is 2.89. The summed E-state index contributed by atoms with van der Waals surface area (Å²) >= 11 is 5.95. The molecule has 0 spiro atoms. The summed E-state index contributed by atoms with van der Waals surface area (Å²) in [7, 11) is 0.504. The summed E-state index contributed by atoms with van der Waals surface area (Å²) in [5.41, 5.74) is 3.62. The summed E-state index contributed by atoms with van der Waals surface area (Å²) in [5, 5.41) is 4.48. The molecule has 0 aliphatic carbocycles. The molecule has 3 rings (SSSR count). The Bertz CT molecular complexity index is 1290. The van der Waals surface area contributed by atoms with E-state index >= 15 is 0 Å². The number of carbonyl (C=O) groups excluding carboxylic acids is 1. The van der Waals surface area contributed by atoms with E-state index in [9.17, 15) is 13.2 Å². The lowest BCUT2D eigenvalue weighted by Gasteiger charge is -2.21. The summed E-state index contributed by atoms with van der Waals surface area (Å²) in [5.74, 6) is 0.651. The molecule has 190 valence electrons. The minimum Gasteiger partial charge on any atom is -0.493 e. The lowest BCUT2D eigenvalue weighted by Crippen LogP contribution is -2.39. The molecule has 0 atom stereocenters. The quantitative estimate of drug-likeness (QED) is 0.299. The van der Waals surface area contributed by atoms with Gasteiger partial charge >= 0.3 is 0 Å². The van der Waals surface area contributed by atoms with Gasteiger partial charge in [-0.1, -0.05) is 41.9 Å². The topological polar surface area (TPSA) is 107 Å². The molecule has 0 aliphatic rings. The fraction of sp³-hybridized carbons (Fsp3) is 0.200. The normalized spacial score (nSPS) is 11.5. The van der Waals surface area contributed by atoms with Gasteiger partial charge in [-0.3, -0.25) is 4.79 Å². The minimum atomic E-state index is -3.97. The fourth-order valence-electron chi connectivity index (χ4n) is 3.31. The van der Waals surface area contributed by atoms with E-state index in [1.165, 1.54) is 39.7 Å². The van der Waals surface area contributed by atoms with Crippen LogP contribution in [0.4, 0.5) is 0 Å². The number of carbonyl (C=O) groups is 1. The van der Waals surface area contributed by atoms with Crippen molar-refractivity contribution in [3.05, 3.63) is 82.9 Å². The number of rotatable bonds is 11. The van der Waals surface area contributed by atoms with Crippen LogP contribution in [0.15, 0.2) is 76.7 Å². The summed E-state index contributed by atoms with van der Waals surface area (Å²) in [6, 6.07) is 17.9. The zero-order valence-corrected chi connectivity index (χ0v) is 21.5. The second-order valence-corrected chi connectivity index (χ2v) is 9.84. The van der Waals surface area contributed by atoms with Crippen molar-refractivity contribution < 1.29 is 27.4 Å². The number of methoxy groups -OCH3 is 3. The Morgan fingerprint density at radius 1 is 0.972 bits per heavy atom. The van der Waals surface area contributed by atoms with Crippen LogP contribution >= 0.6 is 11.6 Å². The molecular formula is C25H26ClN3O6S. The van der Waals surface area contributed by atoms with Crippen LogP contribution in [0.1, 0.15) is 11.1 Å². The summed E-state index contributed by atoms with van der Waals surface area (Å²) in [4.78, 5) is 12.8. The number of ether oxygens (including phenoxy) is 3. The van der Waals surface area contributed by atoms with Gasteiger partial charge in [0.15, 0.2) is 11.5 Å². The summed E-state index contributed by atoms with van der Waals surface area (Å²) < 4.78 is 43.5. The van der Waals surface area contributed by atoms with Crippen LogP contribution in [0.25, 0.3) is 0 Å². The van der Waals surface area contributed by atoms with Gasteiger partial charge < -0.3 is 14.2 Å². The van der Waals surface area contributed by atoms with E-state index in [1.807, 2.05) is 0 Å². The van der Waals surface area contributed by atoms with Crippen molar-refractivity contribution in [2.45, 2.75) is 11.4 Å². The Hall–Kier alpha value is -3.60. The second-order valence-electron chi connectivity index (χ2n) is 7.46. The number of sulfonamides is 1. The van der Waals surface area contributed by atoms with Gasteiger partial charge in [-0.05, 0) is 42.0 Å². The fourth-order valence-corrected chi connectivity index (χ4v) is 4.84. The first-order valence-corrected chi connectivity index (χ1v) is 12.5. The van der Waals surface area contributed by atoms with Crippen LogP contribution in [-0.4, -0.2) is 52.7 Å². The minimum absolute atomic E-state index is 0.0294. The van der Waals surface area contributed by atoms with Gasteiger partial charge in [-0.15, -0.1) is 0 Å². The molecule has 0 radical (unpaired) electrons. The first kappa shape index (κ1) is 27.0. The van der Waals surface area contributed by atoms with Crippen molar-refractivity contribution in [1.82, 2.24) is 9.73 Å². The van der Waals surface area contributed by atoms with Crippen LogP contribution < -0.4 is 19.6 Å². The van der Waals surface area contributed by atoms with Crippen molar-refractivity contribution >= 4 is 33.7 Å². The molecule has 0 aromatic heterocycles. The van der Waals surface area contributed by atoms with Gasteiger partial charge in [0.25, 0.3) is 5.91 Å². The predicted octanol–water partition coefficient (Wildman–Crippen LogP) is 3.71. The maximum Gasteiger partial charge on any atom is 0.255 e. The Labute approximate surface area is 215 Å². The molecule has 0 heterocycles. The van der Waals surface area contributed by atoms with Crippen LogP contribution in [-0.2, 0) is 21.4 Å². The molecule has 11 heteroatoms. The molecule has 0 bridgehead atoms. The third-order valence-corrected chi connectivity index (χ3v) is 7.12. The van der Waals surface area contributed by atoms with Crippen molar-refractivity contribution in [2.75, 3.05) is 27.9 Å². The van der Waals surface area contributed by atoms with E-state index < -0.39 is 22.5 Å². The van der Waals surface area contributed by atoms with Crippen molar-refractivity contribution in [3.63, 3.8) is 0 Å². The number of hydrogen-bond donors (Lipinski definition) is 1. The van der Waals surface area contributed by atoms with Gasteiger partial charge in [-0.25, -0.2) is 13.8 Å². The van der Waals surface area contributed by atoms with Crippen molar-refractivity contribution in [1.29, 1.82) is 0 Å². The van der Waals surface area contributed by atoms with E-state index in [2.05, 4.69) is 10.5 Å². The number of nitrogens with zero attached hydrogens (tertiary/aromatic N) is 2. The first-order valence-electron chi connectivity index (χ1n) is 10.7. The molecule has 3 aromatic rings. The van der Waals surface area contributed by atoms with E-state index in [1.54, 1.807) is 54.6 Å². The van der Waals surface area contributed by atoms with Crippen molar-refractivity contribution in [3.8, 4) is 17.2 Å². The smallest absolute Gasteiger partial charge is 0.255 e. The molecule has 0 saturated carbocycles. The number of benzene rings is 3. The summed E-state index contributed by atoms with van der Waals surface area (Å²) in [6.45, 7) is -0.481. The molecule has 0 aliphatic heterocycles. The largest absolute Gasteiger partial charge is 0.493 e. The summed E-state index contributed by atoms with van der Waals surface area (Å²) in [6.07, 6.45) is 1.39. The molecule has 0 unspecified atom stereocenters. The van der Waals surface area contributed by atoms with Gasteiger partial charge in [0.2, 0.25) is 15.8 Å². The van der Waals surface area contributed by atoms with Crippen LogP contribution in [0.2, 0.25) is 5.02 Å². The van der Waals surface area contributed by atoms with E-state index in [4.69, 9.17) is 25.8 Å². The Morgan fingerprint density at radius 2 is 1.58 bits per heavy atom. The average molecular weight is 532 g/mol. The highest BCUT2D eigenvalue weighted by atomic mass is 35.5. The number of amides is 1. The van der Waals surface area contributed by atoms with Crippen LogP contribution in [0, 0.1) is 0 Å². The molecule has 1 amide bonds. The number of hydrogen-bond acceptors (Lipinski definition) is 7. The zero-order chi connectivity index (χ0) is 26.1. The van der Waals surface area contributed by atoms with Gasteiger partial charge in [0.05, 0.1) is 39.0 Å². The second kappa shape index (κ2) is 12.4. The van der Waals surface area contributed by atoms with Crippen LogP contribution in [0.3, 0.4) is 0 Å². The van der Waals surface area contributed by atoms with Crippen molar-refractivity contribution in [2.24, 2.45) is 5.10 Å². The van der Waals surface area contributed by atoms with Crippen LogP contribution in [0.5, 0.6) is 17.2 Å². The van der Waals surface area contributed by atoms with Gasteiger partial charge in [-0.2, -0.15) is 9.41 Å². The molecule has 0 fully saturated rings. The zero-order valence-electron chi connectivity index (χ0n) is 20.0. The molecule has 1 N–H and O–H groups in total. The van der Waals surface area contributed by atoms with E-state index in [-0.39, 0.29) is 11.4 Å². The highest BCUT2D eigenvalue weighted by molar-refractivity contribution is 7.89. The number of hydrazone groups is 1. The Balaban J connectivity index is 1.79. The maximum atomic E-state index is 13.3. The number of nitrogens with one attached hydrogen (secondary N) is 1. The Kier molecular flexibility index (Phi) is 9.29. The lowest BCUT2D eigenvalue weighted by molar-refractivity contribution is -0.121. The SMILES string of the molecule is COc1cc(C=NNC(=O)CN(Cc2ccc(Cl)cc2)S(=O)(=O)c2ccccc2)cc(OC)c1OC. The predicted molar refractivity (Wildman–Crippen MR) is 137 cm³/mol. The van der Waals surface area contributed by atoms with E-state index in [0.717, 1.165) is 4.31 Å². The first-order chi connectivity index (χ1) is 17.3. The third kappa shape index (κ3) is 6.75. The monoisotopic (exact) mass is 531 g/mol. The molecular weight excluding hydrogens is 506 g/mol. The van der Waals surface area contributed by atoms with Gasteiger partial charge in [0.1, 0.15) is 0 Å². The standard InChI is InChI=1S/C25H26ClN3O6S/c1-33-22-13-19(14-23(34-2)25(22)35-3)15-27-28-24(30)17-29(16-18-9-11-20(26)12-10-18)36(31,32)21-7-5-4-6-8-21/h4-15H,16-17H2,1-3H3,(H,28,30).